The van der Waals surface area contributed by atoms with Crippen LogP contribution < -0.4 is 5.73 Å². The summed E-state index contributed by atoms with van der Waals surface area (Å²) in [6.07, 6.45) is 3.37. The molecule has 3 heterocycles. The second-order valence-corrected chi connectivity index (χ2v) is 9.80. The first kappa shape index (κ1) is 20.0. The van der Waals surface area contributed by atoms with Crippen molar-refractivity contribution in [1.29, 1.82) is 0 Å². The van der Waals surface area contributed by atoms with Crippen LogP contribution in [0.4, 0.5) is 5.69 Å². The van der Waals surface area contributed by atoms with Crippen LogP contribution in [0.5, 0.6) is 0 Å². The van der Waals surface area contributed by atoms with E-state index in [1.807, 2.05) is 18.2 Å². The van der Waals surface area contributed by atoms with Gasteiger partial charge in [-0.3, -0.25) is 9.97 Å². The van der Waals surface area contributed by atoms with E-state index in [0.717, 1.165) is 38.1 Å². The minimum Gasteiger partial charge on any atom is -0.611 e. The van der Waals surface area contributed by atoms with Crippen molar-refractivity contribution in [2.45, 2.75) is 24.0 Å². The summed E-state index contributed by atoms with van der Waals surface area (Å²) in [7, 11) is 1.60. The van der Waals surface area contributed by atoms with Gasteiger partial charge in [0.25, 0.3) is 0 Å². The molecule has 0 fully saturated rings. The van der Waals surface area contributed by atoms with Gasteiger partial charge >= 0.3 is 0 Å². The van der Waals surface area contributed by atoms with Gasteiger partial charge < -0.3 is 15.0 Å². The molecular formula is C21H22N4O2S2. The van der Waals surface area contributed by atoms with Gasteiger partial charge in [0.05, 0.1) is 23.3 Å². The summed E-state index contributed by atoms with van der Waals surface area (Å²) in [5.74, 6) is 0.664. The fourth-order valence-corrected chi connectivity index (χ4v) is 5.85. The second-order valence-electron chi connectivity index (χ2n) is 7.04. The number of hydrogen-bond acceptors (Lipinski definition) is 7. The fourth-order valence-electron chi connectivity index (χ4n) is 3.28. The lowest BCUT2D eigenvalue weighted by Gasteiger charge is -2.11. The molecule has 0 aliphatic heterocycles. The highest BCUT2D eigenvalue weighted by Gasteiger charge is 2.25. The molecule has 0 amide bonds. The molecule has 2 N–H and O–H groups in total. The zero-order chi connectivity index (χ0) is 20.5. The van der Waals surface area contributed by atoms with E-state index >= 15 is 0 Å². The topological polar surface area (TPSA) is 97.0 Å². The Morgan fingerprint density at radius 1 is 1.17 bits per heavy atom. The third-order valence-electron chi connectivity index (χ3n) is 4.76. The minimum atomic E-state index is -1.21. The van der Waals surface area contributed by atoms with Crippen molar-refractivity contribution in [2.24, 2.45) is 0 Å². The molecule has 150 valence electrons. The van der Waals surface area contributed by atoms with E-state index < -0.39 is 11.2 Å². The predicted octanol–water partition coefficient (Wildman–Crippen LogP) is 4.37. The lowest BCUT2D eigenvalue weighted by Crippen LogP contribution is -2.11. The summed E-state index contributed by atoms with van der Waals surface area (Å²) in [4.78, 5) is 14.4. The van der Waals surface area contributed by atoms with E-state index in [1.165, 1.54) is 11.3 Å². The molecule has 0 unspecified atom stereocenters. The van der Waals surface area contributed by atoms with Crippen LogP contribution in [0.15, 0.2) is 40.9 Å². The van der Waals surface area contributed by atoms with E-state index in [2.05, 4.69) is 29.9 Å². The van der Waals surface area contributed by atoms with Crippen LogP contribution in [0.25, 0.3) is 32.5 Å². The van der Waals surface area contributed by atoms with Crippen molar-refractivity contribution in [1.82, 2.24) is 15.0 Å². The Morgan fingerprint density at radius 2 is 1.93 bits per heavy atom. The molecule has 8 heteroatoms. The Labute approximate surface area is 176 Å². The lowest BCUT2D eigenvalue weighted by atomic mass is 9.97. The van der Waals surface area contributed by atoms with Gasteiger partial charge in [-0.05, 0) is 29.7 Å². The Hall–Kier alpha value is -2.26. The summed E-state index contributed by atoms with van der Waals surface area (Å²) in [6.45, 7) is 4.68. The molecule has 4 rings (SSSR count). The molecule has 0 bridgehead atoms. The third kappa shape index (κ3) is 3.81. The Bertz CT molecular complexity index is 1180. The number of benzene rings is 1. The molecule has 0 saturated carbocycles. The maximum Gasteiger partial charge on any atom is 0.232 e. The van der Waals surface area contributed by atoms with Crippen LogP contribution in [0.2, 0.25) is 0 Å². The molecule has 1 atom stereocenters. The first-order valence-corrected chi connectivity index (χ1v) is 11.4. The highest BCUT2D eigenvalue weighted by atomic mass is 32.2. The van der Waals surface area contributed by atoms with E-state index in [1.54, 1.807) is 19.5 Å². The molecule has 0 saturated heterocycles. The maximum absolute atomic E-state index is 12.7. The van der Waals surface area contributed by atoms with Crippen LogP contribution >= 0.6 is 11.3 Å². The number of fused-ring (bicyclic) bond motifs is 2. The first-order valence-electron chi connectivity index (χ1n) is 9.31. The van der Waals surface area contributed by atoms with Crippen molar-refractivity contribution < 1.29 is 9.29 Å². The van der Waals surface area contributed by atoms with Crippen molar-refractivity contribution in [3.63, 3.8) is 0 Å². The zero-order valence-corrected chi connectivity index (χ0v) is 18.1. The number of pyridine rings is 1. The van der Waals surface area contributed by atoms with Gasteiger partial charge in [0, 0.05) is 41.6 Å². The molecule has 0 aliphatic carbocycles. The number of aromatic nitrogens is 3. The number of thiophene rings is 1. The lowest BCUT2D eigenvalue weighted by molar-refractivity contribution is 0.217. The van der Waals surface area contributed by atoms with Gasteiger partial charge in [-0.2, -0.15) is 0 Å². The van der Waals surface area contributed by atoms with Crippen LogP contribution in [0.3, 0.4) is 0 Å². The molecule has 4 aromatic rings. The Balaban J connectivity index is 1.87. The molecule has 6 nitrogen and oxygen atoms in total. The monoisotopic (exact) mass is 426 g/mol. The molecule has 1 aromatic carbocycles. The number of nitrogen functional groups attached to an aromatic ring is 1. The summed E-state index contributed by atoms with van der Waals surface area (Å²) in [5.41, 5.74) is 11.6. The average Bonchev–Trinajstić information content (AvgIpc) is 3.07. The van der Waals surface area contributed by atoms with Crippen molar-refractivity contribution >= 4 is 49.5 Å². The number of anilines is 1. The van der Waals surface area contributed by atoms with Crippen LogP contribution in [-0.4, -0.2) is 39.0 Å². The molecule has 0 aliphatic rings. The molecule has 0 radical (unpaired) electrons. The zero-order valence-electron chi connectivity index (χ0n) is 16.5. The number of methoxy groups -OCH3 is 1. The van der Waals surface area contributed by atoms with E-state index in [4.69, 9.17) is 15.5 Å². The second kappa shape index (κ2) is 8.23. The van der Waals surface area contributed by atoms with E-state index in [0.29, 0.717) is 22.3 Å². The van der Waals surface area contributed by atoms with Gasteiger partial charge in [0.2, 0.25) is 4.21 Å². The third-order valence-corrected chi connectivity index (χ3v) is 7.63. The highest BCUT2D eigenvalue weighted by molar-refractivity contribution is 7.93. The first-order chi connectivity index (χ1) is 14.0. The summed E-state index contributed by atoms with van der Waals surface area (Å²) < 4.78 is 18.4. The van der Waals surface area contributed by atoms with Gasteiger partial charge in [-0.15, -0.1) is 0 Å². The summed E-state index contributed by atoms with van der Waals surface area (Å²) >= 11 is 0.198. The summed E-state index contributed by atoms with van der Waals surface area (Å²) in [6, 6.07) is 8.03. The van der Waals surface area contributed by atoms with Crippen LogP contribution in [0, 0.1) is 0 Å². The van der Waals surface area contributed by atoms with Gasteiger partial charge in [0.15, 0.2) is 0 Å². The number of ether oxygens (including phenoxy) is 1. The highest BCUT2D eigenvalue weighted by Crippen LogP contribution is 2.42. The van der Waals surface area contributed by atoms with Crippen molar-refractivity contribution in [3.05, 3.63) is 42.2 Å². The molecule has 3 aromatic heterocycles. The van der Waals surface area contributed by atoms with Gasteiger partial charge in [-0.25, -0.2) is 4.98 Å². The molecule has 29 heavy (non-hydrogen) atoms. The number of nitrogens with zero attached hydrogens (tertiary/aromatic N) is 3. The van der Waals surface area contributed by atoms with Crippen LogP contribution in [0.1, 0.15) is 25.3 Å². The smallest absolute Gasteiger partial charge is 0.232 e. The minimum absolute atomic E-state index is 0.247. The number of hydrogen-bond donors (Lipinski definition) is 1. The largest absolute Gasteiger partial charge is 0.611 e. The SMILES string of the molecule is COCC[S@@+]([O-])c1sc2nc(-c3ccc4nccnc4c3)cc(C(C)C)c2c1N. The molecular weight excluding hydrogens is 404 g/mol. The summed E-state index contributed by atoms with van der Waals surface area (Å²) in [5, 5.41) is 0.912. The van der Waals surface area contributed by atoms with Crippen molar-refractivity contribution in [2.75, 3.05) is 25.2 Å². The quantitative estimate of drug-likeness (QED) is 0.460. The normalized spacial score (nSPS) is 12.9. The van der Waals surface area contributed by atoms with Crippen molar-refractivity contribution in [3.8, 4) is 11.3 Å². The standard InChI is InChI=1S/C21H22N4O2S2/c1-12(2)14-11-16(13-4-5-15-17(10-13)24-7-6-23-15)25-20-18(14)19(22)21(28-20)29(26)9-8-27-3/h4-7,10-12H,8-9,22H2,1-3H3/t29-/m1/s1. The average molecular weight is 427 g/mol. The van der Waals surface area contributed by atoms with Crippen LogP contribution in [-0.2, 0) is 15.9 Å². The van der Waals surface area contributed by atoms with E-state index in [9.17, 15) is 4.55 Å². The van der Waals surface area contributed by atoms with Gasteiger partial charge in [-0.1, -0.05) is 31.3 Å². The van der Waals surface area contributed by atoms with E-state index in [-0.39, 0.29) is 5.92 Å². The Morgan fingerprint density at radius 3 is 2.66 bits per heavy atom. The van der Waals surface area contributed by atoms with Gasteiger partial charge in [0.1, 0.15) is 16.3 Å². The predicted molar refractivity (Wildman–Crippen MR) is 120 cm³/mol. The number of rotatable bonds is 6. The molecule has 0 spiro atoms. The maximum atomic E-state index is 12.7. The number of nitrogens with two attached hydrogens (primary N) is 1. The Kier molecular flexibility index (Phi) is 5.69. The fraction of sp³-hybridized carbons (Fsp3) is 0.286.